The Morgan fingerprint density at radius 1 is 1.32 bits per heavy atom. The third-order valence-corrected chi connectivity index (χ3v) is 3.98. The van der Waals surface area contributed by atoms with Gasteiger partial charge in [0.2, 0.25) is 11.8 Å². The molecule has 0 spiro atoms. The zero-order chi connectivity index (χ0) is 15.9. The average molecular weight is 304 g/mol. The Morgan fingerprint density at radius 2 is 2.05 bits per heavy atom. The summed E-state index contributed by atoms with van der Waals surface area (Å²) < 4.78 is 5.22. The molecule has 2 amide bonds. The van der Waals surface area contributed by atoms with Crippen molar-refractivity contribution in [3.63, 3.8) is 0 Å². The summed E-state index contributed by atoms with van der Waals surface area (Å²) in [6, 6.07) is 7.26. The SMILES string of the molecule is CCCN(CC(=O)Nc1ccccc1OC)C(=O)C1CCC1. The third-order valence-electron chi connectivity index (χ3n) is 3.98. The fraction of sp³-hybridized carbons (Fsp3) is 0.529. The Kier molecular flexibility index (Phi) is 5.81. The first-order valence-corrected chi connectivity index (χ1v) is 7.87. The molecule has 1 fully saturated rings. The first-order valence-electron chi connectivity index (χ1n) is 7.87. The van der Waals surface area contributed by atoms with Crippen LogP contribution in [0.15, 0.2) is 24.3 Å². The molecule has 0 aromatic heterocycles. The van der Waals surface area contributed by atoms with E-state index < -0.39 is 0 Å². The van der Waals surface area contributed by atoms with Gasteiger partial charge >= 0.3 is 0 Å². The Bertz CT molecular complexity index is 526. The number of carbonyl (C=O) groups is 2. The van der Waals surface area contributed by atoms with Gasteiger partial charge in [0.05, 0.1) is 19.3 Å². The molecule has 0 atom stereocenters. The van der Waals surface area contributed by atoms with Gasteiger partial charge in [-0.2, -0.15) is 0 Å². The van der Waals surface area contributed by atoms with E-state index >= 15 is 0 Å². The summed E-state index contributed by atoms with van der Waals surface area (Å²) in [5.41, 5.74) is 0.627. The molecule has 0 heterocycles. The molecule has 2 rings (SSSR count). The second kappa shape index (κ2) is 7.82. The van der Waals surface area contributed by atoms with Crippen LogP contribution in [0.1, 0.15) is 32.6 Å². The fourth-order valence-electron chi connectivity index (χ4n) is 2.56. The molecule has 0 radical (unpaired) electrons. The number of hydrogen-bond donors (Lipinski definition) is 1. The summed E-state index contributed by atoms with van der Waals surface area (Å²) in [5.74, 6) is 0.655. The normalized spacial score (nSPS) is 14.1. The second-order valence-corrected chi connectivity index (χ2v) is 5.64. The van der Waals surface area contributed by atoms with E-state index in [1.807, 2.05) is 19.1 Å². The van der Waals surface area contributed by atoms with Crippen LogP contribution in [0.3, 0.4) is 0 Å². The number of nitrogens with zero attached hydrogens (tertiary/aromatic N) is 1. The molecule has 0 aliphatic heterocycles. The van der Waals surface area contributed by atoms with Gasteiger partial charge in [0.15, 0.2) is 0 Å². The lowest BCUT2D eigenvalue weighted by Gasteiger charge is -2.31. The van der Waals surface area contributed by atoms with Crippen LogP contribution in [0.25, 0.3) is 0 Å². The van der Waals surface area contributed by atoms with Crippen LogP contribution in [-0.4, -0.2) is 36.9 Å². The Labute approximate surface area is 131 Å². The number of carbonyl (C=O) groups excluding carboxylic acids is 2. The number of benzene rings is 1. The molecule has 1 aromatic carbocycles. The average Bonchev–Trinajstić information content (AvgIpc) is 2.45. The van der Waals surface area contributed by atoms with Crippen molar-refractivity contribution in [2.45, 2.75) is 32.6 Å². The maximum Gasteiger partial charge on any atom is 0.244 e. The van der Waals surface area contributed by atoms with Gasteiger partial charge in [-0.05, 0) is 31.4 Å². The summed E-state index contributed by atoms with van der Waals surface area (Å²) in [6.45, 7) is 2.73. The van der Waals surface area contributed by atoms with Gasteiger partial charge in [-0.15, -0.1) is 0 Å². The molecule has 1 N–H and O–H groups in total. The topological polar surface area (TPSA) is 58.6 Å². The van der Waals surface area contributed by atoms with Gasteiger partial charge < -0.3 is 15.0 Å². The van der Waals surface area contributed by atoms with E-state index in [0.29, 0.717) is 18.0 Å². The molecule has 0 saturated heterocycles. The fourth-order valence-corrected chi connectivity index (χ4v) is 2.56. The van der Waals surface area contributed by atoms with Crippen molar-refractivity contribution < 1.29 is 14.3 Å². The highest BCUT2D eigenvalue weighted by molar-refractivity contribution is 5.96. The number of rotatable bonds is 7. The van der Waals surface area contributed by atoms with E-state index in [1.165, 1.54) is 0 Å². The van der Waals surface area contributed by atoms with Crippen molar-refractivity contribution in [2.75, 3.05) is 25.5 Å². The summed E-state index contributed by atoms with van der Waals surface area (Å²) in [4.78, 5) is 26.3. The molecule has 5 heteroatoms. The molecule has 1 aliphatic rings. The first kappa shape index (κ1) is 16.3. The van der Waals surface area contributed by atoms with Crippen molar-refractivity contribution in [2.24, 2.45) is 5.92 Å². The largest absolute Gasteiger partial charge is 0.495 e. The van der Waals surface area contributed by atoms with Crippen LogP contribution in [0.4, 0.5) is 5.69 Å². The predicted molar refractivity (Wildman–Crippen MR) is 85.8 cm³/mol. The van der Waals surface area contributed by atoms with Crippen LogP contribution in [0.2, 0.25) is 0 Å². The number of nitrogens with one attached hydrogen (secondary N) is 1. The van der Waals surface area contributed by atoms with Crippen LogP contribution in [-0.2, 0) is 9.59 Å². The summed E-state index contributed by atoms with van der Waals surface area (Å²) in [6.07, 6.45) is 3.87. The molecule has 1 aliphatic carbocycles. The van der Waals surface area contributed by atoms with Crippen LogP contribution in [0, 0.1) is 5.92 Å². The Balaban J connectivity index is 1.97. The number of amides is 2. The minimum atomic E-state index is -0.189. The van der Waals surface area contributed by atoms with Crippen LogP contribution >= 0.6 is 0 Å². The van der Waals surface area contributed by atoms with Crippen molar-refractivity contribution in [3.05, 3.63) is 24.3 Å². The maximum atomic E-state index is 12.3. The van der Waals surface area contributed by atoms with Crippen molar-refractivity contribution in [3.8, 4) is 5.75 Å². The first-order chi connectivity index (χ1) is 10.7. The van der Waals surface area contributed by atoms with Crippen molar-refractivity contribution >= 4 is 17.5 Å². The number of methoxy groups -OCH3 is 1. The molecular weight excluding hydrogens is 280 g/mol. The van der Waals surface area contributed by atoms with E-state index in [4.69, 9.17) is 4.74 Å². The smallest absolute Gasteiger partial charge is 0.244 e. The minimum absolute atomic E-state index is 0.0984. The van der Waals surface area contributed by atoms with E-state index in [2.05, 4.69) is 5.32 Å². The highest BCUT2D eigenvalue weighted by Crippen LogP contribution is 2.28. The predicted octanol–water partition coefficient (Wildman–Crippen LogP) is 2.67. The Hall–Kier alpha value is -2.04. The second-order valence-electron chi connectivity index (χ2n) is 5.64. The maximum absolute atomic E-state index is 12.3. The van der Waals surface area contributed by atoms with E-state index in [1.54, 1.807) is 24.1 Å². The van der Waals surface area contributed by atoms with Gasteiger partial charge in [0.1, 0.15) is 5.75 Å². The zero-order valence-electron chi connectivity index (χ0n) is 13.3. The van der Waals surface area contributed by atoms with E-state index in [9.17, 15) is 9.59 Å². The molecule has 1 saturated carbocycles. The van der Waals surface area contributed by atoms with Crippen molar-refractivity contribution in [1.29, 1.82) is 0 Å². The van der Waals surface area contributed by atoms with E-state index in [0.717, 1.165) is 25.7 Å². The monoisotopic (exact) mass is 304 g/mol. The number of anilines is 1. The van der Waals surface area contributed by atoms with Crippen LogP contribution < -0.4 is 10.1 Å². The van der Waals surface area contributed by atoms with E-state index in [-0.39, 0.29) is 24.3 Å². The van der Waals surface area contributed by atoms with Crippen molar-refractivity contribution in [1.82, 2.24) is 4.90 Å². The third kappa shape index (κ3) is 4.00. The van der Waals surface area contributed by atoms with Gasteiger partial charge in [-0.3, -0.25) is 9.59 Å². The summed E-state index contributed by atoms with van der Waals surface area (Å²) >= 11 is 0. The molecule has 1 aromatic rings. The van der Waals surface area contributed by atoms with Gasteiger partial charge in [-0.25, -0.2) is 0 Å². The molecular formula is C17H24N2O3. The summed E-state index contributed by atoms with van der Waals surface area (Å²) in [7, 11) is 1.56. The number of hydrogen-bond acceptors (Lipinski definition) is 3. The molecule has 22 heavy (non-hydrogen) atoms. The number of ether oxygens (including phenoxy) is 1. The Morgan fingerprint density at radius 3 is 2.64 bits per heavy atom. The zero-order valence-corrected chi connectivity index (χ0v) is 13.3. The number of para-hydroxylation sites is 2. The van der Waals surface area contributed by atoms with Gasteiger partial charge in [0.25, 0.3) is 0 Å². The molecule has 0 unspecified atom stereocenters. The highest BCUT2D eigenvalue weighted by Gasteiger charge is 2.30. The molecule has 120 valence electrons. The lowest BCUT2D eigenvalue weighted by atomic mass is 9.84. The van der Waals surface area contributed by atoms with Crippen LogP contribution in [0.5, 0.6) is 5.75 Å². The van der Waals surface area contributed by atoms with Gasteiger partial charge in [0, 0.05) is 12.5 Å². The lowest BCUT2D eigenvalue weighted by molar-refractivity contribution is -0.140. The summed E-state index contributed by atoms with van der Waals surface area (Å²) in [5, 5.41) is 2.82. The lowest BCUT2D eigenvalue weighted by Crippen LogP contribution is -2.43. The highest BCUT2D eigenvalue weighted by atomic mass is 16.5. The quantitative estimate of drug-likeness (QED) is 0.842. The standard InChI is InChI=1S/C17H24N2O3/c1-3-11-19(17(21)13-7-6-8-13)12-16(20)18-14-9-4-5-10-15(14)22-2/h4-5,9-10,13H,3,6-8,11-12H2,1-2H3,(H,18,20). The van der Waals surface area contributed by atoms with Gasteiger partial charge in [-0.1, -0.05) is 25.5 Å². The molecule has 5 nitrogen and oxygen atoms in total. The minimum Gasteiger partial charge on any atom is -0.495 e. The molecule has 0 bridgehead atoms.